The summed E-state index contributed by atoms with van der Waals surface area (Å²) in [6.45, 7) is 0.787. The van der Waals surface area contributed by atoms with E-state index < -0.39 is 32.5 Å². The number of hydrogen-bond acceptors (Lipinski definition) is 6. The van der Waals surface area contributed by atoms with Crippen LogP contribution in [0, 0.1) is 15.9 Å². The Hall–Kier alpha value is -3.31. The van der Waals surface area contributed by atoms with Crippen molar-refractivity contribution in [2.75, 3.05) is 18.4 Å². The lowest BCUT2D eigenvalue weighted by Crippen LogP contribution is -2.32. The van der Waals surface area contributed by atoms with Crippen LogP contribution in [-0.4, -0.2) is 40.3 Å². The van der Waals surface area contributed by atoms with Crippen LogP contribution in [0.15, 0.2) is 59.8 Å². The Morgan fingerprint density at radius 3 is 2.44 bits per heavy atom. The van der Waals surface area contributed by atoms with Crippen molar-refractivity contribution in [3.05, 3.63) is 82.2 Å². The number of aryl methyl sites for hydroxylation is 1. The second kappa shape index (κ2) is 9.90. The van der Waals surface area contributed by atoms with E-state index in [0.717, 1.165) is 31.7 Å². The molecule has 3 aromatic rings. The molecule has 9 nitrogen and oxygen atoms in total. The third kappa shape index (κ3) is 4.80. The summed E-state index contributed by atoms with van der Waals surface area (Å²) < 4.78 is 44.1. The van der Waals surface area contributed by atoms with Crippen molar-refractivity contribution in [2.45, 2.75) is 36.6 Å². The molecule has 180 valence electrons. The van der Waals surface area contributed by atoms with E-state index in [1.54, 1.807) is 42.2 Å². The molecule has 1 aromatic heterocycles. The van der Waals surface area contributed by atoms with Crippen LogP contribution in [0.1, 0.15) is 43.1 Å². The van der Waals surface area contributed by atoms with E-state index in [4.69, 9.17) is 0 Å². The molecule has 11 heteroatoms. The van der Waals surface area contributed by atoms with Gasteiger partial charge in [-0.25, -0.2) is 17.8 Å². The molecule has 0 radical (unpaired) electrons. The number of anilines is 1. The Balaban J connectivity index is 1.74. The fraction of sp³-hybridized carbons (Fsp3) is 0.348. The predicted octanol–water partition coefficient (Wildman–Crippen LogP) is 4.23. The predicted molar refractivity (Wildman–Crippen MR) is 125 cm³/mol. The zero-order valence-electron chi connectivity index (χ0n) is 18.7. The number of imidazole rings is 1. The number of nitrogens with zero attached hydrogens (tertiary/aromatic N) is 4. The first-order valence-electron chi connectivity index (χ1n) is 11.1. The lowest BCUT2D eigenvalue weighted by molar-refractivity contribution is -0.384. The molecular weight excluding hydrogens is 461 g/mol. The van der Waals surface area contributed by atoms with E-state index in [-0.39, 0.29) is 16.1 Å². The average Bonchev–Trinajstić information content (AvgIpc) is 3.05. The summed E-state index contributed by atoms with van der Waals surface area (Å²) in [6.07, 6.45) is 6.68. The Morgan fingerprint density at radius 1 is 1.12 bits per heavy atom. The zero-order valence-corrected chi connectivity index (χ0v) is 19.5. The van der Waals surface area contributed by atoms with Crippen LogP contribution < -0.4 is 5.32 Å². The minimum atomic E-state index is -3.87. The number of benzene rings is 2. The molecule has 1 unspecified atom stereocenters. The van der Waals surface area contributed by atoms with Crippen molar-refractivity contribution in [3.63, 3.8) is 0 Å². The van der Waals surface area contributed by atoms with Gasteiger partial charge < -0.3 is 9.88 Å². The minimum Gasteiger partial charge on any atom is -0.366 e. The number of sulfonamides is 1. The molecule has 0 bridgehead atoms. The van der Waals surface area contributed by atoms with E-state index in [2.05, 4.69) is 10.3 Å². The van der Waals surface area contributed by atoms with Gasteiger partial charge in [0.05, 0.1) is 9.82 Å². The monoisotopic (exact) mass is 487 g/mol. The highest BCUT2D eigenvalue weighted by atomic mass is 32.2. The van der Waals surface area contributed by atoms with Gasteiger partial charge in [0.2, 0.25) is 10.0 Å². The summed E-state index contributed by atoms with van der Waals surface area (Å²) in [6, 6.07) is 9.04. The van der Waals surface area contributed by atoms with Gasteiger partial charge in [0.25, 0.3) is 5.69 Å². The van der Waals surface area contributed by atoms with Crippen molar-refractivity contribution in [1.29, 1.82) is 0 Å². The Morgan fingerprint density at radius 2 is 1.82 bits per heavy atom. The van der Waals surface area contributed by atoms with Crippen LogP contribution in [0.3, 0.4) is 0 Å². The number of halogens is 1. The molecule has 0 amide bonds. The molecule has 0 spiro atoms. The number of aromatic nitrogens is 2. The van der Waals surface area contributed by atoms with Gasteiger partial charge in [0.1, 0.15) is 23.4 Å². The van der Waals surface area contributed by atoms with Gasteiger partial charge in [-0.15, -0.1) is 0 Å². The second-order valence-corrected chi connectivity index (χ2v) is 10.2. The largest absolute Gasteiger partial charge is 0.366 e. The summed E-state index contributed by atoms with van der Waals surface area (Å²) in [5, 5.41) is 15.0. The van der Waals surface area contributed by atoms with E-state index in [0.29, 0.717) is 18.9 Å². The average molecular weight is 488 g/mol. The molecule has 4 rings (SSSR count). The first kappa shape index (κ1) is 23.8. The fourth-order valence-corrected chi connectivity index (χ4v) is 5.72. The van der Waals surface area contributed by atoms with Crippen molar-refractivity contribution in [2.24, 2.45) is 7.05 Å². The Kier molecular flexibility index (Phi) is 6.94. The summed E-state index contributed by atoms with van der Waals surface area (Å²) in [7, 11) is -2.13. The maximum atomic E-state index is 14.7. The lowest BCUT2D eigenvalue weighted by Gasteiger charge is -2.22. The molecule has 2 aromatic carbocycles. The van der Waals surface area contributed by atoms with Gasteiger partial charge in [-0.1, -0.05) is 31.0 Å². The summed E-state index contributed by atoms with van der Waals surface area (Å²) in [5.74, 6) is -0.0494. The van der Waals surface area contributed by atoms with Crippen LogP contribution in [0.4, 0.5) is 15.8 Å². The molecule has 34 heavy (non-hydrogen) atoms. The van der Waals surface area contributed by atoms with Crippen LogP contribution >= 0.6 is 0 Å². The van der Waals surface area contributed by atoms with Crippen LogP contribution in [0.25, 0.3) is 0 Å². The molecule has 1 atom stereocenters. The second-order valence-electron chi connectivity index (χ2n) is 8.25. The summed E-state index contributed by atoms with van der Waals surface area (Å²) in [5.41, 5.74) is -0.0881. The molecule has 1 aliphatic heterocycles. The van der Waals surface area contributed by atoms with Gasteiger partial charge in [0.15, 0.2) is 0 Å². The molecule has 1 fully saturated rings. The normalized spacial score (nSPS) is 16.1. The van der Waals surface area contributed by atoms with Gasteiger partial charge >= 0.3 is 0 Å². The number of nitro groups is 1. The lowest BCUT2D eigenvalue weighted by atomic mass is 10.0. The maximum Gasteiger partial charge on any atom is 0.293 e. The number of nitrogens with one attached hydrogen (secondary N) is 1. The Labute approximate surface area is 197 Å². The van der Waals surface area contributed by atoms with Gasteiger partial charge in [-0.05, 0) is 31.0 Å². The fourth-order valence-electron chi connectivity index (χ4n) is 4.18. The van der Waals surface area contributed by atoms with Gasteiger partial charge in [0, 0.05) is 44.2 Å². The highest BCUT2D eigenvalue weighted by molar-refractivity contribution is 7.89. The summed E-state index contributed by atoms with van der Waals surface area (Å²) >= 11 is 0. The van der Waals surface area contributed by atoms with Crippen molar-refractivity contribution >= 4 is 21.4 Å². The van der Waals surface area contributed by atoms with Crippen LogP contribution in [-0.2, 0) is 17.1 Å². The van der Waals surface area contributed by atoms with Crippen molar-refractivity contribution in [3.8, 4) is 0 Å². The van der Waals surface area contributed by atoms with Crippen molar-refractivity contribution < 1.29 is 17.7 Å². The van der Waals surface area contributed by atoms with E-state index >= 15 is 0 Å². The van der Waals surface area contributed by atoms with E-state index in [9.17, 15) is 22.9 Å². The molecule has 1 N–H and O–H groups in total. The highest BCUT2D eigenvalue weighted by Gasteiger charge is 2.30. The molecule has 0 aliphatic carbocycles. The van der Waals surface area contributed by atoms with Crippen molar-refractivity contribution in [1.82, 2.24) is 13.9 Å². The van der Waals surface area contributed by atoms with Crippen LogP contribution in [0.2, 0.25) is 0 Å². The van der Waals surface area contributed by atoms with E-state index in [1.807, 2.05) is 0 Å². The highest BCUT2D eigenvalue weighted by Crippen LogP contribution is 2.34. The zero-order chi connectivity index (χ0) is 24.3. The molecule has 1 saturated heterocycles. The van der Waals surface area contributed by atoms with Gasteiger partial charge in [-0.3, -0.25) is 10.1 Å². The summed E-state index contributed by atoms with van der Waals surface area (Å²) in [4.78, 5) is 15.5. The third-order valence-electron chi connectivity index (χ3n) is 6.00. The standard InChI is InChI=1S/C23H26FN5O4S/c1-27-15-12-25-23(27)22(18-8-4-5-9-19(18)24)26-20-11-10-17(16-21(20)29(30)31)34(32,33)28-13-6-2-3-7-14-28/h4-5,8-12,15-16,22,26H,2-3,6-7,13-14H2,1H3. The molecule has 2 heterocycles. The number of rotatable bonds is 7. The van der Waals surface area contributed by atoms with Gasteiger partial charge in [-0.2, -0.15) is 4.31 Å². The first-order chi connectivity index (χ1) is 16.3. The van der Waals surface area contributed by atoms with E-state index in [1.165, 1.54) is 22.5 Å². The number of nitro benzene ring substituents is 1. The molecule has 1 aliphatic rings. The third-order valence-corrected chi connectivity index (χ3v) is 7.90. The van der Waals surface area contributed by atoms with Crippen LogP contribution in [0.5, 0.6) is 0 Å². The smallest absolute Gasteiger partial charge is 0.293 e. The SMILES string of the molecule is Cn1ccnc1C(Nc1ccc(S(=O)(=O)N2CCCCCC2)cc1[N+](=O)[O-])c1ccccc1F. The molecular formula is C23H26FN5O4S. The first-order valence-corrected chi connectivity index (χ1v) is 12.5. The Bertz CT molecular complexity index is 1290. The quantitative estimate of drug-likeness (QED) is 0.394. The maximum absolute atomic E-state index is 14.7. The minimum absolute atomic E-state index is 0.0658. The number of hydrogen-bond donors (Lipinski definition) is 1. The topological polar surface area (TPSA) is 110 Å². The molecule has 0 saturated carbocycles.